The van der Waals surface area contributed by atoms with Crippen molar-refractivity contribution in [3.63, 3.8) is 0 Å². The largest absolute Gasteiger partial charge is 0.379 e. The molecule has 21 heavy (non-hydrogen) atoms. The monoisotopic (exact) mass is 284 g/mol. The Bertz CT molecular complexity index is 631. The van der Waals surface area contributed by atoms with Gasteiger partial charge in [0.1, 0.15) is 0 Å². The summed E-state index contributed by atoms with van der Waals surface area (Å²) in [5.74, 6) is 0. The van der Waals surface area contributed by atoms with E-state index in [-0.39, 0.29) is 5.43 Å². The number of H-pyrrole nitrogens is 1. The van der Waals surface area contributed by atoms with Crippen molar-refractivity contribution in [3.05, 3.63) is 69.6 Å². The number of aromatic amines is 1. The number of benzene rings is 1. The van der Waals surface area contributed by atoms with Crippen LogP contribution in [0, 0.1) is 0 Å². The van der Waals surface area contributed by atoms with Crippen LogP contribution in [0.4, 0.5) is 0 Å². The molecule has 0 amide bonds. The predicted octanol–water partition coefficient (Wildman–Crippen LogP) is 1.80. The van der Waals surface area contributed by atoms with Gasteiger partial charge in [-0.25, -0.2) is 0 Å². The number of ether oxygens (including phenoxy) is 1. The highest BCUT2D eigenvalue weighted by atomic mass is 16.5. The summed E-state index contributed by atoms with van der Waals surface area (Å²) in [6.45, 7) is 3.99. The second kappa shape index (κ2) is 6.70. The SMILES string of the molecule is O=c1cc(Cc2ccccc2)[nH]cc1CN1CCOCC1. The van der Waals surface area contributed by atoms with Crippen LogP contribution in [-0.4, -0.2) is 36.2 Å². The summed E-state index contributed by atoms with van der Waals surface area (Å²) in [4.78, 5) is 17.7. The van der Waals surface area contributed by atoms with Gasteiger partial charge in [-0.15, -0.1) is 0 Å². The van der Waals surface area contributed by atoms with Crippen LogP contribution in [0.15, 0.2) is 47.4 Å². The average Bonchev–Trinajstić information content (AvgIpc) is 2.52. The molecule has 0 radical (unpaired) electrons. The maximum atomic E-state index is 12.2. The molecule has 2 aromatic rings. The zero-order valence-corrected chi connectivity index (χ0v) is 12.0. The number of hydrogen-bond donors (Lipinski definition) is 1. The van der Waals surface area contributed by atoms with Gasteiger partial charge < -0.3 is 9.72 Å². The minimum atomic E-state index is 0.117. The highest BCUT2D eigenvalue weighted by Gasteiger charge is 2.12. The van der Waals surface area contributed by atoms with Crippen molar-refractivity contribution in [2.45, 2.75) is 13.0 Å². The third kappa shape index (κ3) is 3.80. The van der Waals surface area contributed by atoms with Gasteiger partial charge in [0, 0.05) is 49.6 Å². The third-order valence-electron chi connectivity index (χ3n) is 3.79. The summed E-state index contributed by atoms with van der Waals surface area (Å²) in [7, 11) is 0. The Balaban J connectivity index is 1.69. The molecule has 2 heterocycles. The molecule has 0 aliphatic carbocycles. The first-order valence-corrected chi connectivity index (χ1v) is 7.36. The van der Waals surface area contributed by atoms with Gasteiger partial charge in [-0.05, 0) is 5.56 Å². The predicted molar refractivity (Wildman–Crippen MR) is 82.4 cm³/mol. The minimum Gasteiger partial charge on any atom is -0.379 e. The zero-order chi connectivity index (χ0) is 14.5. The lowest BCUT2D eigenvalue weighted by Gasteiger charge is -2.26. The molecule has 0 bridgehead atoms. The average molecular weight is 284 g/mol. The lowest BCUT2D eigenvalue weighted by molar-refractivity contribution is 0.0340. The van der Waals surface area contributed by atoms with Gasteiger partial charge in [0.2, 0.25) is 0 Å². The van der Waals surface area contributed by atoms with Crippen LogP contribution in [0.25, 0.3) is 0 Å². The van der Waals surface area contributed by atoms with Crippen molar-refractivity contribution < 1.29 is 4.74 Å². The second-order valence-electron chi connectivity index (χ2n) is 5.40. The van der Waals surface area contributed by atoms with Crippen molar-refractivity contribution in [1.82, 2.24) is 9.88 Å². The zero-order valence-electron chi connectivity index (χ0n) is 12.0. The Labute approximate surface area is 124 Å². The highest BCUT2D eigenvalue weighted by molar-refractivity contribution is 5.23. The lowest BCUT2D eigenvalue weighted by atomic mass is 10.1. The van der Waals surface area contributed by atoms with Gasteiger partial charge in [0.05, 0.1) is 13.2 Å². The van der Waals surface area contributed by atoms with E-state index in [4.69, 9.17) is 4.74 Å². The van der Waals surface area contributed by atoms with Crippen molar-refractivity contribution in [1.29, 1.82) is 0 Å². The third-order valence-corrected chi connectivity index (χ3v) is 3.79. The van der Waals surface area contributed by atoms with E-state index in [2.05, 4.69) is 22.0 Å². The van der Waals surface area contributed by atoms with Gasteiger partial charge in [0.15, 0.2) is 5.43 Å². The van der Waals surface area contributed by atoms with Crippen LogP contribution in [0.2, 0.25) is 0 Å². The van der Waals surface area contributed by atoms with Gasteiger partial charge in [0.25, 0.3) is 0 Å². The van der Waals surface area contributed by atoms with Crippen molar-refractivity contribution in [3.8, 4) is 0 Å². The Kier molecular flexibility index (Phi) is 4.48. The fraction of sp³-hybridized carbons (Fsp3) is 0.353. The molecule has 4 nitrogen and oxygen atoms in total. The van der Waals surface area contributed by atoms with Crippen LogP contribution in [0.1, 0.15) is 16.8 Å². The van der Waals surface area contributed by atoms with Crippen LogP contribution in [0.3, 0.4) is 0 Å². The maximum absolute atomic E-state index is 12.2. The van der Waals surface area contributed by atoms with Crippen molar-refractivity contribution >= 4 is 0 Å². The summed E-state index contributed by atoms with van der Waals surface area (Å²) in [6, 6.07) is 11.9. The molecular formula is C17H20N2O2. The lowest BCUT2D eigenvalue weighted by Crippen LogP contribution is -2.36. The maximum Gasteiger partial charge on any atom is 0.186 e. The van der Waals surface area contributed by atoms with Crippen molar-refractivity contribution in [2.75, 3.05) is 26.3 Å². The number of aromatic nitrogens is 1. The number of pyridine rings is 1. The van der Waals surface area contributed by atoms with Crippen LogP contribution < -0.4 is 5.43 Å². The Morgan fingerprint density at radius 1 is 1.14 bits per heavy atom. The van der Waals surface area contributed by atoms with E-state index < -0.39 is 0 Å². The van der Waals surface area contributed by atoms with E-state index in [1.54, 1.807) is 6.07 Å². The molecular weight excluding hydrogens is 264 g/mol. The fourth-order valence-electron chi connectivity index (χ4n) is 2.59. The molecule has 1 aromatic carbocycles. The quantitative estimate of drug-likeness (QED) is 0.931. The number of nitrogens with zero attached hydrogens (tertiary/aromatic N) is 1. The second-order valence-corrected chi connectivity index (χ2v) is 5.40. The summed E-state index contributed by atoms with van der Waals surface area (Å²) in [6.07, 6.45) is 2.62. The van der Waals surface area contributed by atoms with Gasteiger partial charge in [-0.1, -0.05) is 30.3 Å². The molecule has 0 unspecified atom stereocenters. The first-order valence-electron chi connectivity index (χ1n) is 7.36. The number of nitrogens with one attached hydrogen (secondary N) is 1. The summed E-state index contributed by atoms with van der Waals surface area (Å²) < 4.78 is 5.33. The van der Waals surface area contributed by atoms with Crippen LogP contribution in [-0.2, 0) is 17.7 Å². The first kappa shape index (κ1) is 14.0. The smallest absolute Gasteiger partial charge is 0.186 e. The number of hydrogen-bond acceptors (Lipinski definition) is 3. The van der Waals surface area contributed by atoms with Crippen LogP contribution in [0.5, 0.6) is 0 Å². The highest BCUT2D eigenvalue weighted by Crippen LogP contribution is 2.07. The molecule has 4 heteroatoms. The molecule has 1 fully saturated rings. The van der Waals surface area contributed by atoms with E-state index in [1.165, 1.54) is 5.56 Å². The molecule has 1 saturated heterocycles. The topological polar surface area (TPSA) is 45.3 Å². The first-order chi connectivity index (χ1) is 10.3. The number of rotatable bonds is 4. The van der Waals surface area contributed by atoms with Gasteiger partial charge in [-0.2, -0.15) is 0 Å². The molecule has 0 saturated carbocycles. The molecule has 110 valence electrons. The van der Waals surface area contributed by atoms with E-state index >= 15 is 0 Å². The van der Waals surface area contributed by atoms with Crippen molar-refractivity contribution in [2.24, 2.45) is 0 Å². The molecule has 1 aromatic heterocycles. The molecule has 1 N–H and O–H groups in total. The summed E-state index contributed by atoms with van der Waals surface area (Å²) >= 11 is 0. The molecule has 1 aliphatic rings. The number of morpholine rings is 1. The molecule has 3 rings (SSSR count). The van der Waals surface area contributed by atoms with Gasteiger partial charge >= 0.3 is 0 Å². The molecule has 0 atom stereocenters. The normalized spacial score (nSPS) is 16.0. The summed E-state index contributed by atoms with van der Waals surface area (Å²) in [5.41, 5.74) is 3.10. The summed E-state index contributed by atoms with van der Waals surface area (Å²) in [5, 5.41) is 0. The molecule has 0 spiro atoms. The van der Waals surface area contributed by atoms with E-state index in [1.807, 2.05) is 24.4 Å². The molecule has 1 aliphatic heterocycles. The van der Waals surface area contributed by atoms with Gasteiger partial charge in [-0.3, -0.25) is 9.69 Å². The van der Waals surface area contributed by atoms with E-state index in [0.29, 0.717) is 6.54 Å². The minimum absolute atomic E-state index is 0.117. The van der Waals surface area contributed by atoms with Crippen LogP contribution >= 0.6 is 0 Å². The van der Waals surface area contributed by atoms with E-state index in [9.17, 15) is 4.79 Å². The Morgan fingerprint density at radius 2 is 1.90 bits per heavy atom. The standard InChI is InChI=1S/C17H20N2O2/c20-17-11-16(10-14-4-2-1-3-5-14)18-12-15(17)13-19-6-8-21-9-7-19/h1-5,11-12H,6-10,13H2,(H,18,20). The Morgan fingerprint density at radius 3 is 2.62 bits per heavy atom. The Hall–Kier alpha value is -1.91. The van der Waals surface area contributed by atoms with E-state index in [0.717, 1.165) is 44.0 Å². The fourth-order valence-corrected chi connectivity index (χ4v) is 2.59.